The number of nitrogens with zero attached hydrogens (tertiary/aromatic N) is 3. The number of hydrogen-bond acceptors (Lipinski definition) is 3. The van der Waals surface area contributed by atoms with Crippen LogP contribution in [-0.4, -0.2) is 53.4 Å². The number of nitriles is 1. The predicted molar refractivity (Wildman–Crippen MR) is 67.0 cm³/mol. The van der Waals surface area contributed by atoms with E-state index in [-0.39, 0.29) is 11.3 Å². The first-order valence-corrected chi connectivity index (χ1v) is 6.01. The van der Waals surface area contributed by atoms with Crippen molar-refractivity contribution in [3.05, 3.63) is 12.7 Å². The van der Waals surface area contributed by atoms with Gasteiger partial charge in [0.25, 0.3) is 0 Å². The molecule has 0 bridgehead atoms. The quantitative estimate of drug-likeness (QED) is 0.419. The van der Waals surface area contributed by atoms with E-state index in [9.17, 15) is 10.1 Å². The summed E-state index contributed by atoms with van der Waals surface area (Å²) in [7, 11) is 0. The highest BCUT2D eigenvalue weighted by molar-refractivity contribution is 5.90. The molecule has 1 heterocycles. The Bertz CT molecular complexity index is 341. The number of hydrogen-bond donors (Lipinski definition) is 0. The fourth-order valence-corrected chi connectivity index (χ4v) is 2.21. The summed E-state index contributed by atoms with van der Waals surface area (Å²) in [6.07, 6.45) is 3.82. The van der Waals surface area contributed by atoms with E-state index in [2.05, 4.69) is 38.4 Å². The average molecular weight is 236 g/mol. The van der Waals surface area contributed by atoms with Crippen LogP contribution in [0.25, 0.3) is 0 Å². The van der Waals surface area contributed by atoms with Crippen LogP contribution in [0.5, 0.6) is 0 Å². The van der Waals surface area contributed by atoms with Gasteiger partial charge in [-0.15, -0.1) is 5.26 Å². The average Bonchev–Trinajstić information content (AvgIpc) is 2.28. The standard InChI is InChI=1S/C13H22N3O/c1-5-12(17)10-15-6-8-16(11-14,9-7-15)13(2,3)4/h5H,1,6-10H2,2-4H3/q+1. The lowest BCUT2D eigenvalue weighted by Crippen LogP contribution is -2.65. The third kappa shape index (κ3) is 2.93. The Labute approximate surface area is 104 Å². The lowest BCUT2D eigenvalue weighted by atomic mass is 10.0. The molecule has 0 unspecified atom stereocenters. The van der Waals surface area contributed by atoms with Crippen LogP contribution >= 0.6 is 0 Å². The van der Waals surface area contributed by atoms with E-state index in [4.69, 9.17) is 0 Å². The number of rotatable bonds is 3. The molecule has 4 nitrogen and oxygen atoms in total. The van der Waals surface area contributed by atoms with Crippen molar-refractivity contribution >= 4 is 5.78 Å². The fraction of sp³-hybridized carbons (Fsp3) is 0.692. The van der Waals surface area contributed by atoms with Gasteiger partial charge in [-0.1, -0.05) is 6.58 Å². The monoisotopic (exact) mass is 236 g/mol. The topological polar surface area (TPSA) is 44.1 Å². The van der Waals surface area contributed by atoms with Crippen LogP contribution in [0.2, 0.25) is 0 Å². The molecule has 1 saturated heterocycles. The molecule has 1 aliphatic heterocycles. The predicted octanol–water partition coefficient (Wildman–Crippen LogP) is 1.15. The van der Waals surface area contributed by atoms with Crippen LogP contribution in [0.15, 0.2) is 12.7 Å². The second-order valence-corrected chi connectivity index (χ2v) is 5.63. The van der Waals surface area contributed by atoms with E-state index in [1.807, 2.05) is 0 Å². The van der Waals surface area contributed by atoms with Crippen molar-refractivity contribution < 1.29 is 9.28 Å². The largest absolute Gasteiger partial charge is 0.309 e. The molecule has 0 aliphatic carbocycles. The molecule has 94 valence electrons. The number of quaternary nitrogens is 1. The molecule has 0 radical (unpaired) electrons. The molecule has 0 saturated carbocycles. The van der Waals surface area contributed by atoms with Gasteiger partial charge in [0.2, 0.25) is 0 Å². The first-order valence-electron chi connectivity index (χ1n) is 6.01. The van der Waals surface area contributed by atoms with Gasteiger partial charge in [-0.25, -0.2) is 4.48 Å². The summed E-state index contributed by atoms with van der Waals surface area (Å²) in [6.45, 7) is 13.4. The minimum atomic E-state index is -0.0662. The summed E-state index contributed by atoms with van der Waals surface area (Å²) < 4.78 is 0.464. The van der Waals surface area contributed by atoms with Gasteiger partial charge < -0.3 is 0 Å². The Morgan fingerprint density at radius 3 is 2.35 bits per heavy atom. The number of carbonyl (C=O) groups excluding carboxylic acids is 1. The summed E-state index contributed by atoms with van der Waals surface area (Å²) in [5.41, 5.74) is -0.0662. The van der Waals surface area contributed by atoms with Crippen molar-refractivity contribution in [3.8, 4) is 6.19 Å². The Morgan fingerprint density at radius 2 is 2.00 bits per heavy atom. The van der Waals surface area contributed by atoms with Crippen LogP contribution in [0.4, 0.5) is 0 Å². The Kier molecular flexibility index (Phi) is 4.07. The summed E-state index contributed by atoms with van der Waals surface area (Å²) in [6, 6.07) is 0. The lowest BCUT2D eigenvalue weighted by Gasteiger charge is -2.46. The molecule has 4 heteroatoms. The second kappa shape index (κ2) is 4.99. The maximum absolute atomic E-state index is 11.3. The highest BCUT2D eigenvalue weighted by atomic mass is 16.1. The number of carbonyl (C=O) groups is 1. The Balaban J connectivity index is 2.64. The Hall–Kier alpha value is -1.18. The molecule has 0 amide bonds. The zero-order chi connectivity index (χ0) is 13.1. The van der Waals surface area contributed by atoms with Crippen molar-refractivity contribution in [2.75, 3.05) is 32.7 Å². The van der Waals surface area contributed by atoms with E-state index < -0.39 is 0 Å². The van der Waals surface area contributed by atoms with Gasteiger partial charge in [0, 0.05) is 13.1 Å². The first-order chi connectivity index (χ1) is 7.84. The van der Waals surface area contributed by atoms with Crippen LogP contribution in [0.1, 0.15) is 20.8 Å². The molecular formula is C13H22N3O+. The summed E-state index contributed by atoms with van der Waals surface area (Å²) in [5.74, 6) is 0.0534. The molecule has 17 heavy (non-hydrogen) atoms. The minimum absolute atomic E-state index is 0.0534. The van der Waals surface area contributed by atoms with Gasteiger partial charge in [-0.2, -0.15) is 0 Å². The molecule has 1 aliphatic rings. The molecule has 0 spiro atoms. The van der Waals surface area contributed by atoms with Crippen LogP contribution in [0, 0.1) is 11.5 Å². The minimum Gasteiger partial charge on any atom is -0.293 e. The maximum Gasteiger partial charge on any atom is 0.309 e. The number of ketones is 1. The molecule has 0 atom stereocenters. The van der Waals surface area contributed by atoms with Gasteiger partial charge >= 0.3 is 6.19 Å². The second-order valence-electron chi connectivity index (χ2n) is 5.63. The zero-order valence-electron chi connectivity index (χ0n) is 11.1. The van der Waals surface area contributed by atoms with E-state index in [1.165, 1.54) is 6.08 Å². The summed E-state index contributed by atoms with van der Waals surface area (Å²) in [4.78, 5) is 13.4. The summed E-state index contributed by atoms with van der Waals surface area (Å²) in [5, 5.41) is 9.41. The third-order valence-corrected chi connectivity index (χ3v) is 3.68. The lowest BCUT2D eigenvalue weighted by molar-refractivity contribution is -0.916. The zero-order valence-corrected chi connectivity index (χ0v) is 11.1. The highest BCUT2D eigenvalue weighted by Gasteiger charge is 2.44. The van der Waals surface area contributed by atoms with Crippen molar-refractivity contribution in [3.63, 3.8) is 0 Å². The molecule has 0 aromatic rings. The smallest absolute Gasteiger partial charge is 0.293 e. The van der Waals surface area contributed by atoms with Gasteiger partial charge in [-0.3, -0.25) is 9.69 Å². The number of piperazine rings is 1. The molecule has 0 aromatic heterocycles. The highest BCUT2D eigenvalue weighted by Crippen LogP contribution is 2.25. The molecular weight excluding hydrogens is 214 g/mol. The molecule has 1 fully saturated rings. The van der Waals surface area contributed by atoms with Crippen LogP contribution in [0.3, 0.4) is 0 Å². The van der Waals surface area contributed by atoms with Crippen LogP contribution in [-0.2, 0) is 4.79 Å². The van der Waals surface area contributed by atoms with Gasteiger partial charge in [0.05, 0.1) is 6.54 Å². The van der Waals surface area contributed by atoms with E-state index in [1.54, 1.807) is 0 Å². The third-order valence-electron chi connectivity index (χ3n) is 3.68. The molecule has 0 N–H and O–H groups in total. The summed E-state index contributed by atoms with van der Waals surface area (Å²) >= 11 is 0. The van der Waals surface area contributed by atoms with E-state index in [0.29, 0.717) is 11.0 Å². The Morgan fingerprint density at radius 1 is 1.47 bits per heavy atom. The van der Waals surface area contributed by atoms with Gasteiger partial charge in [-0.05, 0) is 26.8 Å². The van der Waals surface area contributed by atoms with Crippen LogP contribution < -0.4 is 0 Å². The maximum atomic E-state index is 11.3. The van der Waals surface area contributed by atoms with E-state index >= 15 is 0 Å². The van der Waals surface area contributed by atoms with Crippen molar-refractivity contribution in [1.29, 1.82) is 5.26 Å². The van der Waals surface area contributed by atoms with Crippen molar-refractivity contribution in [1.82, 2.24) is 4.90 Å². The van der Waals surface area contributed by atoms with Crippen molar-refractivity contribution in [2.45, 2.75) is 26.3 Å². The van der Waals surface area contributed by atoms with E-state index in [0.717, 1.165) is 26.2 Å². The van der Waals surface area contributed by atoms with Gasteiger partial charge in [0.1, 0.15) is 18.6 Å². The van der Waals surface area contributed by atoms with Gasteiger partial charge in [0.15, 0.2) is 5.78 Å². The molecule has 0 aromatic carbocycles. The first kappa shape index (κ1) is 13.9. The fourth-order valence-electron chi connectivity index (χ4n) is 2.21. The normalized spacial score (nSPS) is 20.6. The molecule has 1 rings (SSSR count). The SMILES string of the molecule is C=CC(=O)CN1CC[N+](C#N)(C(C)(C)C)CC1. The van der Waals surface area contributed by atoms with Crippen molar-refractivity contribution in [2.24, 2.45) is 0 Å².